The monoisotopic (exact) mass is 480 g/mol. The third-order valence-electron chi connectivity index (χ3n) is 7.61. The van der Waals surface area contributed by atoms with Crippen molar-refractivity contribution in [1.29, 1.82) is 0 Å². The second kappa shape index (κ2) is 8.69. The minimum atomic E-state index is -1.46. The summed E-state index contributed by atoms with van der Waals surface area (Å²) in [6.07, 6.45) is 0. The molecule has 7 heteroatoms. The van der Waals surface area contributed by atoms with Gasteiger partial charge in [0.05, 0.1) is 12.6 Å². The summed E-state index contributed by atoms with van der Waals surface area (Å²) < 4.78 is 7.31. The molecule has 0 atom stereocenters. The third kappa shape index (κ3) is 3.23. The molecule has 7 nitrogen and oxygen atoms in total. The SMILES string of the molecule is COc1ccccc1CN1CCN(C2(c3nn(C)c4ccccc34)C(=O)c3ccccc3C2=O)CC1. The van der Waals surface area contributed by atoms with Crippen molar-refractivity contribution in [3.63, 3.8) is 0 Å². The van der Waals surface area contributed by atoms with Crippen molar-refractivity contribution < 1.29 is 14.3 Å². The molecule has 6 rings (SSSR count). The predicted octanol–water partition coefficient (Wildman–Crippen LogP) is 3.67. The first kappa shape index (κ1) is 22.6. The van der Waals surface area contributed by atoms with Crippen molar-refractivity contribution in [2.24, 2.45) is 7.05 Å². The van der Waals surface area contributed by atoms with E-state index in [0.717, 1.165) is 41.9 Å². The normalized spacial score (nSPS) is 18.1. The fourth-order valence-electron chi connectivity index (χ4n) is 5.82. The van der Waals surface area contributed by atoms with Crippen LogP contribution in [0.5, 0.6) is 5.75 Å². The molecule has 2 heterocycles. The van der Waals surface area contributed by atoms with Crippen LogP contribution in [-0.4, -0.2) is 64.4 Å². The summed E-state index contributed by atoms with van der Waals surface area (Å²) >= 11 is 0. The highest BCUT2D eigenvalue weighted by Gasteiger charge is 2.60. The quantitative estimate of drug-likeness (QED) is 0.406. The van der Waals surface area contributed by atoms with Gasteiger partial charge in [0.15, 0.2) is 17.1 Å². The van der Waals surface area contributed by atoms with E-state index >= 15 is 0 Å². The van der Waals surface area contributed by atoms with Crippen LogP contribution in [0.25, 0.3) is 10.9 Å². The smallest absolute Gasteiger partial charge is 0.198 e. The van der Waals surface area contributed by atoms with Crippen molar-refractivity contribution in [3.8, 4) is 5.75 Å². The summed E-state index contributed by atoms with van der Waals surface area (Å²) in [6.45, 7) is 3.35. The molecule has 1 aromatic heterocycles. The average Bonchev–Trinajstić information content (AvgIpc) is 3.37. The fraction of sp³-hybridized carbons (Fsp3) is 0.276. The summed E-state index contributed by atoms with van der Waals surface area (Å²) in [5, 5.41) is 5.65. The number of hydrogen-bond donors (Lipinski definition) is 0. The Morgan fingerprint density at radius 2 is 1.44 bits per heavy atom. The highest BCUT2D eigenvalue weighted by atomic mass is 16.5. The third-order valence-corrected chi connectivity index (χ3v) is 7.61. The van der Waals surface area contributed by atoms with Gasteiger partial charge in [0.2, 0.25) is 0 Å². The van der Waals surface area contributed by atoms with E-state index in [4.69, 9.17) is 9.84 Å². The van der Waals surface area contributed by atoms with E-state index in [1.54, 1.807) is 23.9 Å². The van der Waals surface area contributed by atoms with Gasteiger partial charge in [0, 0.05) is 61.8 Å². The van der Waals surface area contributed by atoms with Crippen LogP contribution in [0.1, 0.15) is 32.0 Å². The van der Waals surface area contributed by atoms with Crippen LogP contribution in [0.3, 0.4) is 0 Å². The zero-order valence-electron chi connectivity index (χ0n) is 20.5. The number of piperazine rings is 1. The zero-order valence-corrected chi connectivity index (χ0v) is 20.5. The maximum absolute atomic E-state index is 14.2. The van der Waals surface area contributed by atoms with Gasteiger partial charge < -0.3 is 4.74 Å². The number of carbonyl (C=O) groups is 2. The molecule has 1 fully saturated rings. The Bertz CT molecular complexity index is 1450. The number of ketones is 2. The van der Waals surface area contributed by atoms with Crippen LogP contribution in [0, 0.1) is 0 Å². The number of hydrogen-bond acceptors (Lipinski definition) is 6. The molecule has 0 N–H and O–H groups in total. The van der Waals surface area contributed by atoms with Gasteiger partial charge in [-0.1, -0.05) is 60.7 Å². The number of ether oxygens (including phenoxy) is 1. The van der Waals surface area contributed by atoms with Crippen LogP contribution in [-0.2, 0) is 19.1 Å². The minimum absolute atomic E-state index is 0.176. The Morgan fingerprint density at radius 1 is 0.833 bits per heavy atom. The highest BCUT2D eigenvalue weighted by molar-refractivity contribution is 6.33. The summed E-state index contributed by atoms with van der Waals surface area (Å²) in [5.41, 5.74) is 2.06. The van der Waals surface area contributed by atoms with E-state index in [-0.39, 0.29) is 11.6 Å². The lowest BCUT2D eigenvalue weighted by Crippen LogP contribution is -2.60. The molecule has 1 aliphatic carbocycles. The highest BCUT2D eigenvalue weighted by Crippen LogP contribution is 2.44. The summed E-state index contributed by atoms with van der Waals surface area (Å²) in [4.78, 5) is 32.8. The molecule has 1 saturated heterocycles. The first-order chi connectivity index (χ1) is 17.6. The molecule has 36 heavy (non-hydrogen) atoms. The van der Waals surface area contributed by atoms with E-state index in [9.17, 15) is 9.59 Å². The van der Waals surface area contributed by atoms with Gasteiger partial charge in [-0.2, -0.15) is 5.10 Å². The van der Waals surface area contributed by atoms with Gasteiger partial charge in [0.25, 0.3) is 0 Å². The Balaban J connectivity index is 1.39. The second-order valence-corrected chi connectivity index (χ2v) is 9.48. The number of aryl methyl sites for hydroxylation is 1. The number of fused-ring (bicyclic) bond motifs is 2. The molecule has 2 aliphatic rings. The lowest BCUT2D eigenvalue weighted by atomic mass is 9.84. The predicted molar refractivity (Wildman–Crippen MR) is 137 cm³/mol. The number of rotatable bonds is 5. The lowest BCUT2D eigenvalue weighted by Gasteiger charge is -2.43. The van der Waals surface area contributed by atoms with Gasteiger partial charge in [-0.3, -0.25) is 24.1 Å². The molecule has 4 aromatic rings. The standard InChI is InChI=1S/C29H28N4O3/c1-31-24-13-7-6-12-23(24)26(30-31)29(27(34)21-10-4-5-11-22(21)28(29)35)33-17-15-32(16-18-33)19-20-9-3-8-14-25(20)36-2/h3-14H,15-19H2,1-2H3. The largest absolute Gasteiger partial charge is 0.496 e. The summed E-state index contributed by atoms with van der Waals surface area (Å²) in [7, 11) is 3.55. The molecule has 1 aliphatic heterocycles. The Kier molecular flexibility index (Phi) is 5.47. The van der Waals surface area contributed by atoms with Crippen molar-refractivity contribution >= 4 is 22.5 Å². The molecule has 0 spiro atoms. The number of benzene rings is 3. The van der Waals surface area contributed by atoms with E-state index < -0.39 is 5.54 Å². The average molecular weight is 481 g/mol. The topological polar surface area (TPSA) is 67.7 Å². The second-order valence-electron chi connectivity index (χ2n) is 9.48. The maximum atomic E-state index is 14.2. The summed E-state index contributed by atoms with van der Waals surface area (Å²) in [6, 6.07) is 23.0. The first-order valence-electron chi connectivity index (χ1n) is 12.3. The molecule has 0 bridgehead atoms. The Labute approximate surface area is 209 Å². The van der Waals surface area contributed by atoms with E-state index in [2.05, 4.69) is 15.9 Å². The van der Waals surface area contributed by atoms with Crippen molar-refractivity contribution in [2.75, 3.05) is 33.3 Å². The van der Waals surface area contributed by atoms with Crippen molar-refractivity contribution in [2.45, 2.75) is 12.1 Å². The van der Waals surface area contributed by atoms with Crippen LogP contribution in [0.4, 0.5) is 0 Å². The van der Waals surface area contributed by atoms with Gasteiger partial charge in [-0.15, -0.1) is 0 Å². The molecule has 0 unspecified atom stereocenters. The Hall–Kier alpha value is -3.81. The van der Waals surface area contributed by atoms with E-state index in [1.807, 2.05) is 61.6 Å². The summed E-state index contributed by atoms with van der Waals surface area (Å²) in [5.74, 6) is 0.517. The zero-order chi connectivity index (χ0) is 24.9. The Morgan fingerprint density at radius 3 is 2.14 bits per heavy atom. The molecular formula is C29H28N4O3. The van der Waals surface area contributed by atoms with Crippen LogP contribution >= 0.6 is 0 Å². The van der Waals surface area contributed by atoms with Crippen molar-refractivity contribution in [1.82, 2.24) is 19.6 Å². The van der Waals surface area contributed by atoms with E-state index in [1.165, 1.54) is 0 Å². The van der Waals surface area contributed by atoms with Crippen molar-refractivity contribution in [3.05, 3.63) is 95.2 Å². The van der Waals surface area contributed by atoms with Gasteiger partial charge in [0.1, 0.15) is 11.4 Å². The minimum Gasteiger partial charge on any atom is -0.496 e. The van der Waals surface area contributed by atoms with Gasteiger partial charge in [-0.25, -0.2) is 0 Å². The number of para-hydroxylation sites is 2. The fourth-order valence-corrected chi connectivity index (χ4v) is 5.82. The molecule has 0 saturated carbocycles. The number of nitrogens with zero attached hydrogens (tertiary/aromatic N) is 4. The van der Waals surface area contributed by atoms with Crippen LogP contribution < -0.4 is 4.74 Å². The molecule has 0 amide bonds. The first-order valence-corrected chi connectivity index (χ1v) is 12.3. The van der Waals surface area contributed by atoms with Gasteiger partial charge in [-0.05, 0) is 12.1 Å². The number of Topliss-reactive ketones (excluding diaryl/α,β-unsaturated/α-hetero) is 2. The number of carbonyl (C=O) groups excluding carboxylic acids is 2. The number of methoxy groups -OCH3 is 1. The molecule has 182 valence electrons. The van der Waals surface area contributed by atoms with Gasteiger partial charge >= 0.3 is 0 Å². The molecular weight excluding hydrogens is 452 g/mol. The van der Waals surface area contributed by atoms with Crippen LogP contribution in [0.15, 0.2) is 72.8 Å². The van der Waals surface area contributed by atoms with Crippen LogP contribution in [0.2, 0.25) is 0 Å². The maximum Gasteiger partial charge on any atom is 0.198 e. The molecule has 0 radical (unpaired) electrons. The van der Waals surface area contributed by atoms with E-state index in [0.29, 0.717) is 29.9 Å². The lowest BCUT2D eigenvalue weighted by molar-refractivity contribution is 0.0268. The molecule has 3 aromatic carbocycles. The number of aromatic nitrogens is 2.